The molecule has 1 aromatic carbocycles. The van der Waals surface area contributed by atoms with Crippen LogP contribution in [-0.2, 0) is 0 Å². The molecule has 0 aliphatic carbocycles. The highest BCUT2D eigenvalue weighted by Crippen LogP contribution is 2.10. The van der Waals surface area contributed by atoms with Crippen LogP contribution in [0.15, 0.2) is 49.1 Å². The first kappa shape index (κ1) is 7.82. The van der Waals surface area contributed by atoms with E-state index in [1.165, 1.54) is 11.0 Å². The third kappa shape index (κ3) is 1.52. The van der Waals surface area contributed by atoms with Crippen molar-refractivity contribution in [3.05, 3.63) is 49.1 Å². The van der Waals surface area contributed by atoms with Gasteiger partial charge in [-0.25, -0.2) is 9.66 Å². The predicted molar refractivity (Wildman–Crippen MR) is 48.3 cm³/mol. The van der Waals surface area contributed by atoms with Crippen LogP contribution < -0.4 is 5.17 Å². The van der Waals surface area contributed by atoms with Gasteiger partial charge in [0.1, 0.15) is 6.33 Å². The highest BCUT2D eigenvalue weighted by Gasteiger charge is 2.01. The molecule has 0 bridgehead atoms. The van der Waals surface area contributed by atoms with Crippen LogP contribution in [0.3, 0.4) is 0 Å². The molecule has 1 N–H and O–H groups in total. The summed E-state index contributed by atoms with van der Waals surface area (Å²) in [5, 5.41) is 10.7. The second kappa shape index (κ2) is 3.28. The van der Waals surface area contributed by atoms with Gasteiger partial charge in [0.05, 0.1) is 5.69 Å². The van der Waals surface area contributed by atoms with Gasteiger partial charge in [-0.1, -0.05) is 18.2 Å². The lowest BCUT2D eigenvalue weighted by atomic mass is 10.3. The number of imidazole rings is 1. The van der Waals surface area contributed by atoms with E-state index in [9.17, 15) is 5.21 Å². The minimum absolute atomic E-state index is 0.695. The van der Waals surface area contributed by atoms with E-state index in [0.717, 1.165) is 5.17 Å². The number of benzene rings is 1. The van der Waals surface area contributed by atoms with Crippen molar-refractivity contribution in [2.75, 3.05) is 5.17 Å². The van der Waals surface area contributed by atoms with Crippen molar-refractivity contribution in [1.29, 1.82) is 0 Å². The molecule has 0 spiro atoms. The molecule has 2 rings (SSSR count). The zero-order valence-electron chi connectivity index (χ0n) is 6.91. The summed E-state index contributed by atoms with van der Waals surface area (Å²) in [5.74, 6) is 0. The first-order valence-electron chi connectivity index (χ1n) is 3.90. The molecule has 0 unspecified atom stereocenters. The highest BCUT2D eigenvalue weighted by atomic mass is 16.5. The fourth-order valence-corrected chi connectivity index (χ4v) is 1.06. The molecular formula is C9H9N3O. The first-order valence-corrected chi connectivity index (χ1v) is 3.90. The summed E-state index contributed by atoms with van der Waals surface area (Å²) < 4.78 is 1.48. The minimum atomic E-state index is 0.695. The van der Waals surface area contributed by atoms with Gasteiger partial charge in [-0.3, -0.25) is 5.21 Å². The highest BCUT2D eigenvalue weighted by molar-refractivity contribution is 5.42. The molecular weight excluding hydrogens is 166 g/mol. The fraction of sp³-hybridized carbons (Fsp3) is 0. The monoisotopic (exact) mass is 175 g/mol. The van der Waals surface area contributed by atoms with E-state index in [1.54, 1.807) is 24.5 Å². The molecule has 1 aromatic heterocycles. The van der Waals surface area contributed by atoms with Crippen LogP contribution in [-0.4, -0.2) is 14.9 Å². The third-order valence-electron chi connectivity index (χ3n) is 1.70. The molecule has 4 nitrogen and oxygen atoms in total. The zero-order valence-corrected chi connectivity index (χ0v) is 6.91. The lowest BCUT2D eigenvalue weighted by Gasteiger charge is -2.16. The predicted octanol–water partition coefficient (Wildman–Crippen LogP) is 1.54. The van der Waals surface area contributed by atoms with E-state index in [1.807, 2.05) is 18.2 Å². The number of aromatic nitrogens is 2. The Kier molecular flexibility index (Phi) is 1.97. The summed E-state index contributed by atoms with van der Waals surface area (Å²) in [6, 6.07) is 9.22. The number of anilines is 1. The van der Waals surface area contributed by atoms with Gasteiger partial charge in [-0.05, 0) is 12.1 Å². The SMILES string of the molecule is ON(c1ccccc1)n1ccnc1. The van der Waals surface area contributed by atoms with E-state index in [0.29, 0.717) is 5.69 Å². The number of nitrogens with zero attached hydrogens (tertiary/aromatic N) is 3. The zero-order chi connectivity index (χ0) is 9.10. The molecule has 4 heteroatoms. The average molecular weight is 175 g/mol. The van der Waals surface area contributed by atoms with E-state index < -0.39 is 0 Å². The fourth-order valence-electron chi connectivity index (χ4n) is 1.06. The molecule has 0 aliphatic rings. The van der Waals surface area contributed by atoms with E-state index in [4.69, 9.17) is 0 Å². The van der Waals surface area contributed by atoms with Gasteiger partial charge in [-0.15, -0.1) is 0 Å². The maximum absolute atomic E-state index is 9.64. The number of hydrogen-bond acceptors (Lipinski definition) is 3. The Morgan fingerprint density at radius 2 is 2.00 bits per heavy atom. The van der Waals surface area contributed by atoms with E-state index >= 15 is 0 Å². The van der Waals surface area contributed by atoms with Crippen LogP contribution in [0.1, 0.15) is 0 Å². The van der Waals surface area contributed by atoms with Crippen molar-refractivity contribution >= 4 is 5.69 Å². The topological polar surface area (TPSA) is 41.3 Å². The molecule has 0 aliphatic heterocycles. The minimum Gasteiger partial charge on any atom is -0.268 e. The third-order valence-corrected chi connectivity index (χ3v) is 1.70. The van der Waals surface area contributed by atoms with Gasteiger partial charge in [0.15, 0.2) is 0 Å². The first-order chi connectivity index (χ1) is 6.38. The number of hydrogen-bond donors (Lipinski definition) is 1. The Morgan fingerprint density at radius 3 is 2.62 bits per heavy atom. The normalized spacial score (nSPS) is 9.92. The smallest absolute Gasteiger partial charge is 0.117 e. The van der Waals surface area contributed by atoms with Crippen molar-refractivity contribution in [2.45, 2.75) is 0 Å². The van der Waals surface area contributed by atoms with Crippen LogP contribution in [0.2, 0.25) is 0 Å². The van der Waals surface area contributed by atoms with E-state index in [2.05, 4.69) is 4.98 Å². The molecule has 0 radical (unpaired) electrons. The van der Waals surface area contributed by atoms with Gasteiger partial charge in [0, 0.05) is 12.4 Å². The van der Waals surface area contributed by atoms with Crippen molar-refractivity contribution in [3.8, 4) is 0 Å². The molecule has 0 amide bonds. The van der Waals surface area contributed by atoms with Gasteiger partial charge < -0.3 is 0 Å². The Balaban J connectivity index is 2.29. The van der Waals surface area contributed by atoms with Crippen molar-refractivity contribution in [2.24, 2.45) is 0 Å². The van der Waals surface area contributed by atoms with Crippen LogP contribution in [0.5, 0.6) is 0 Å². The number of rotatable bonds is 2. The summed E-state index contributed by atoms with van der Waals surface area (Å²) >= 11 is 0. The Morgan fingerprint density at radius 1 is 1.23 bits per heavy atom. The maximum Gasteiger partial charge on any atom is 0.117 e. The number of para-hydroxylation sites is 1. The maximum atomic E-state index is 9.64. The van der Waals surface area contributed by atoms with Gasteiger partial charge in [-0.2, -0.15) is 5.17 Å². The second-order valence-corrected chi connectivity index (χ2v) is 2.57. The quantitative estimate of drug-likeness (QED) is 0.704. The van der Waals surface area contributed by atoms with Gasteiger partial charge in [0.25, 0.3) is 0 Å². The summed E-state index contributed by atoms with van der Waals surface area (Å²) in [6.07, 6.45) is 4.78. The van der Waals surface area contributed by atoms with Crippen LogP contribution >= 0.6 is 0 Å². The molecule has 2 aromatic rings. The van der Waals surface area contributed by atoms with Crippen LogP contribution in [0.25, 0.3) is 0 Å². The Labute approximate surface area is 75.6 Å². The van der Waals surface area contributed by atoms with Crippen molar-refractivity contribution < 1.29 is 5.21 Å². The van der Waals surface area contributed by atoms with Crippen molar-refractivity contribution in [3.63, 3.8) is 0 Å². The summed E-state index contributed by atoms with van der Waals surface area (Å²) in [6.45, 7) is 0. The molecule has 0 saturated heterocycles. The van der Waals surface area contributed by atoms with Gasteiger partial charge >= 0.3 is 0 Å². The molecule has 13 heavy (non-hydrogen) atoms. The van der Waals surface area contributed by atoms with Crippen molar-refractivity contribution in [1.82, 2.24) is 9.66 Å². The lowest BCUT2D eigenvalue weighted by molar-refractivity contribution is 0.219. The summed E-state index contributed by atoms with van der Waals surface area (Å²) in [7, 11) is 0. The molecule has 0 fully saturated rings. The van der Waals surface area contributed by atoms with Gasteiger partial charge in [0.2, 0.25) is 0 Å². The molecule has 1 heterocycles. The molecule has 0 atom stereocenters. The Hall–Kier alpha value is -1.81. The lowest BCUT2D eigenvalue weighted by Crippen LogP contribution is -2.23. The van der Waals surface area contributed by atoms with E-state index in [-0.39, 0.29) is 0 Å². The second-order valence-electron chi connectivity index (χ2n) is 2.57. The Bertz CT molecular complexity index is 358. The van der Waals surface area contributed by atoms with Crippen LogP contribution in [0, 0.1) is 0 Å². The van der Waals surface area contributed by atoms with Crippen LogP contribution in [0.4, 0.5) is 5.69 Å². The average Bonchev–Trinajstić information content (AvgIpc) is 2.71. The standard InChI is InChI=1S/C9H9N3O/c13-12(11-7-6-10-8-11)9-4-2-1-3-5-9/h1-8,13H. The summed E-state index contributed by atoms with van der Waals surface area (Å²) in [4.78, 5) is 3.83. The largest absolute Gasteiger partial charge is 0.268 e. The molecule has 0 saturated carbocycles. The summed E-state index contributed by atoms with van der Waals surface area (Å²) in [5.41, 5.74) is 0.695. The molecule has 66 valence electrons.